The number of hydrogen-bond donors (Lipinski definition) is 1. The molecule has 2 aromatic carbocycles. The molecule has 3 atom stereocenters. The Morgan fingerprint density at radius 3 is 2.54 bits per heavy atom. The van der Waals surface area contributed by atoms with Crippen molar-refractivity contribution in [2.45, 2.75) is 45.8 Å². The first-order valence-corrected chi connectivity index (χ1v) is 12.5. The zero-order chi connectivity index (χ0) is 27.0. The van der Waals surface area contributed by atoms with Crippen molar-refractivity contribution in [1.29, 1.82) is 0 Å². The molecule has 3 aromatic rings. The summed E-state index contributed by atoms with van der Waals surface area (Å²) in [6.45, 7) is 5.46. The van der Waals surface area contributed by atoms with Gasteiger partial charge in [-0.05, 0) is 25.1 Å². The SMILES string of the molecule is CCN1C(C)CN2C(=O)c3c(OCc4ccccc4)c(=O)c(C(=O)NCc4ccc(F)cc4F)cn3CC21.P. The predicted molar refractivity (Wildman–Crippen MR) is 147 cm³/mol. The van der Waals surface area contributed by atoms with Crippen LogP contribution in [0.5, 0.6) is 5.75 Å². The highest BCUT2D eigenvalue weighted by Crippen LogP contribution is 2.31. The van der Waals surface area contributed by atoms with Crippen molar-refractivity contribution < 1.29 is 23.1 Å². The minimum absolute atomic E-state index is 0. The third kappa shape index (κ3) is 5.44. The van der Waals surface area contributed by atoms with E-state index in [1.54, 1.807) is 9.47 Å². The highest BCUT2D eigenvalue weighted by molar-refractivity contribution is 6.92. The molecule has 2 amide bonds. The van der Waals surface area contributed by atoms with Crippen LogP contribution in [0.4, 0.5) is 8.78 Å². The first kappa shape index (κ1) is 28.4. The third-order valence-electron chi connectivity index (χ3n) is 7.12. The number of rotatable bonds is 7. The summed E-state index contributed by atoms with van der Waals surface area (Å²) in [6, 6.07) is 12.4. The lowest BCUT2D eigenvalue weighted by atomic mass is 10.1. The monoisotopic (exact) mass is 556 g/mol. The van der Waals surface area contributed by atoms with Crippen LogP contribution in [-0.4, -0.2) is 51.5 Å². The normalized spacial score (nSPS) is 18.3. The number of pyridine rings is 1. The smallest absolute Gasteiger partial charge is 0.275 e. The summed E-state index contributed by atoms with van der Waals surface area (Å²) in [7, 11) is 0. The molecule has 2 aliphatic heterocycles. The van der Waals surface area contributed by atoms with Gasteiger partial charge in [-0.2, -0.15) is 9.90 Å². The fourth-order valence-electron chi connectivity index (χ4n) is 5.20. The number of ether oxygens (including phenoxy) is 1. The van der Waals surface area contributed by atoms with E-state index in [1.807, 2.05) is 44.2 Å². The molecule has 3 heterocycles. The van der Waals surface area contributed by atoms with Gasteiger partial charge in [0.2, 0.25) is 5.43 Å². The fraction of sp³-hybridized carbons (Fsp3) is 0.321. The van der Waals surface area contributed by atoms with Gasteiger partial charge in [-0.1, -0.05) is 43.3 Å². The highest BCUT2D eigenvalue weighted by atomic mass is 31.0. The molecule has 0 radical (unpaired) electrons. The van der Waals surface area contributed by atoms with Crippen LogP contribution < -0.4 is 15.5 Å². The second kappa shape index (κ2) is 11.6. The number of hydrogen-bond acceptors (Lipinski definition) is 5. The summed E-state index contributed by atoms with van der Waals surface area (Å²) in [5, 5.41) is 2.53. The van der Waals surface area contributed by atoms with Gasteiger partial charge < -0.3 is 19.5 Å². The molecule has 2 aliphatic rings. The molecule has 8 nitrogen and oxygen atoms in total. The molecule has 39 heavy (non-hydrogen) atoms. The van der Waals surface area contributed by atoms with Gasteiger partial charge in [-0.3, -0.25) is 19.3 Å². The fourth-order valence-corrected chi connectivity index (χ4v) is 5.20. The van der Waals surface area contributed by atoms with Gasteiger partial charge >= 0.3 is 0 Å². The Balaban J connectivity index is 0.00000353. The van der Waals surface area contributed by atoms with Crippen LogP contribution >= 0.6 is 9.90 Å². The number of carbonyl (C=O) groups excluding carboxylic acids is 2. The number of halogens is 2. The molecule has 0 spiro atoms. The van der Waals surface area contributed by atoms with E-state index in [0.717, 1.165) is 24.2 Å². The molecule has 11 heteroatoms. The number of amides is 2. The molecule has 1 N–H and O–H groups in total. The van der Waals surface area contributed by atoms with E-state index < -0.39 is 23.0 Å². The average molecular weight is 557 g/mol. The Bertz CT molecular complexity index is 1450. The van der Waals surface area contributed by atoms with Gasteiger partial charge in [0.05, 0.1) is 6.54 Å². The van der Waals surface area contributed by atoms with Crippen LogP contribution in [-0.2, 0) is 19.7 Å². The minimum Gasteiger partial charge on any atom is -0.483 e. The average Bonchev–Trinajstić information content (AvgIpc) is 3.23. The van der Waals surface area contributed by atoms with Crippen molar-refractivity contribution in [3.8, 4) is 5.75 Å². The van der Waals surface area contributed by atoms with Gasteiger partial charge in [0.25, 0.3) is 11.8 Å². The highest BCUT2D eigenvalue weighted by Gasteiger charge is 2.45. The second-order valence-corrected chi connectivity index (χ2v) is 9.51. The molecule has 1 saturated heterocycles. The molecule has 1 fully saturated rings. The Labute approximate surface area is 228 Å². The summed E-state index contributed by atoms with van der Waals surface area (Å²) >= 11 is 0. The van der Waals surface area contributed by atoms with Crippen molar-refractivity contribution in [1.82, 2.24) is 19.7 Å². The topological polar surface area (TPSA) is 83.9 Å². The maximum Gasteiger partial charge on any atom is 0.275 e. The standard InChI is InChI=1S/C28H28F2N4O4.H3P/c1-3-33-17(2)13-34-23(33)15-32-14-21(27(36)31-12-19-9-10-20(29)11-22(19)30)25(35)26(24(32)28(34)37)38-16-18-7-5-4-6-8-18;/h4-11,14,17,23H,3,12-13,15-16H2,1-2H3,(H,31,36);1H3. The largest absolute Gasteiger partial charge is 0.483 e. The van der Waals surface area contributed by atoms with Gasteiger partial charge in [0.1, 0.15) is 30.0 Å². The van der Waals surface area contributed by atoms with E-state index in [0.29, 0.717) is 13.1 Å². The van der Waals surface area contributed by atoms with Gasteiger partial charge in [-0.25, -0.2) is 8.78 Å². The zero-order valence-electron chi connectivity index (χ0n) is 21.8. The van der Waals surface area contributed by atoms with Crippen LogP contribution in [0.2, 0.25) is 0 Å². The molecule has 1 aromatic heterocycles. The number of carbonyl (C=O) groups is 2. The summed E-state index contributed by atoms with van der Waals surface area (Å²) in [6.07, 6.45) is 1.15. The lowest BCUT2D eigenvalue weighted by Crippen LogP contribution is -2.51. The van der Waals surface area contributed by atoms with Crippen LogP contribution in [0, 0.1) is 11.6 Å². The van der Waals surface area contributed by atoms with Crippen LogP contribution in [0.1, 0.15) is 45.8 Å². The van der Waals surface area contributed by atoms with Gasteiger partial charge in [0, 0.05) is 37.0 Å². The van der Waals surface area contributed by atoms with Crippen LogP contribution in [0.15, 0.2) is 59.5 Å². The number of nitrogens with one attached hydrogen (secondary N) is 1. The molecular formula is C28H31F2N4O4P. The molecule has 3 unspecified atom stereocenters. The number of likely N-dealkylation sites (N-methyl/N-ethyl adjacent to an activating group) is 1. The first-order valence-electron chi connectivity index (χ1n) is 12.5. The van der Waals surface area contributed by atoms with E-state index in [-0.39, 0.29) is 63.7 Å². The Kier molecular flexibility index (Phi) is 8.47. The molecule has 5 rings (SSSR count). The van der Waals surface area contributed by atoms with E-state index in [4.69, 9.17) is 4.74 Å². The second-order valence-electron chi connectivity index (χ2n) is 9.51. The summed E-state index contributed by atoms with van der Waals surface area (Å²) < 4.78 is 34.9. The van der Waals surface area contributed by atoms with Crippen molar-refractivity contribution in [3.05, 3.63) is 99.0 Å². The summed E-state index contributed by atoms with van der Waals surface area (Å²) in [4.78, 5) is 44.2. The quantitative estimate of drug-likeness (QED) is 0.452. The Morgan fingerprint density at radius 1 is 1.10 bits per heavy atom. The number of aromatic nitrogens is 1. The van der Waals surface area contributed by atoms with E-state index in [1.165, 1.54) is 12.3 Å². The number of benzene rings is 2. The van der Waals surface area contributed by atoms with Gasteiger partial charge in [0.15, 0.2) is 11.4 Å². The molecule has 206 valence electrons. The maximum atomic E-state index is 14.1. The minimum atomic E-state index is -0.806. The third-order valence-corrected chi connectivity index (χ3v) is 7.12. The van der Waals surface area contributed by atoms with Crippen molar-refractivity contribution in [2.75, 3.05) is 13.1 Å². The van der Waals surface area contributed by atoms with Crippen molar-refractivity contribution >= 4 is 21.7 Å². The summed E-state index contributed by atoms with van der Waals surface area (Å²) in [5.41, 5.74) is 0.0156. The molecular weight excluding hydrogens is 525 g/mol. The van der Waals surface area contributed by atoms with E-state index >= 15 is 0 Å². The number of fused-ring (bicyclic) bond motifs is 2. The van der Waals surface area contributed by atoms with Gasteiger partial charge in [-0.15, -0.1) is 0 Å². The predicted octanol–water partition coefficient (Wildman–Crippen LogP) is 3.20. The number of nitrogens with zero attached hydrogens (tertiary/aromatic N) is 3. The van der Waals surface area contributed by atoms with Crippen LogP contribution in [0.3, 0.4) is 0 Å². The lowest BCUT2D eigenvalue weighted by molar-refractivity contribution is 0.0497. The van der Waals surface area contributed by atoms with Crippen molar-refractivity contribution in [2.24, 2.45) is 0 Å². The molecule has 0 saturated carbocycles. The van der Waals surface area contributed by atoms with Crippen LogP contribution in [0.25, 0.3) is 0 Å². The zero-order valence-corrected chi connectivity index (χ0v) is 23.2. The Hall–Kier alpha value is -3.62. The van der Waals surface area contributed by atoms with E-state index in [2.05, 4.69) is 10.2 Å². The molecule has 0 bridgehead atoms. The van der Waals surface area contributed by atoms with E-state index in [9.17, 15) is 23.2 Å². The maximum absolute atomic E-state index is 14.1. The molecule has 0 aliphatic carbocycles. The first-order chi connectivity index (χ1) is 18.3. The Morgan fingerprint density at radius 2 is 1.85 bits per heavy atom. The lowest BCUT2D eigenvalue weighted by Gasteiger charge is -2.36. The van der Waals surface area contributed by atoms with Crippen molar-refractivity contribution in [3.63, 3.8) is 0 Å². The summed E-state index contributed by atoms with van der Waals surface area (Å²) in [5.74, 6) is -2.81.